The zero-order chi connectivity index (χ0) is 16.7. The summed E-state index contributed by atoms with van der Waals surface area (Å²) in [5.74, 6) is -0.146. The van der Waals surface area contributed by atoms with Gasteiger partial charge in [-0.15, -0.1) is 0 Å². The van der Waals surface area contributed by atoms with Crippen LogP contribution in [-0.2, 0) is 4.79 Å². The highest BCUT2D eigenvalue weighted by molar-refractivity contribution is 5.96. The zero-order valence-electron chi connectivity index (χ0n) is 13.2. The molecule has 0 heterocycles. The van der Waals surface area contributed by atoms with E-state index in [0.29, 0.717) is 18.4 Å². The number of carbonyl (C=O) groups is 2. The van der Waals surface area contributed by atoms with Crippen LogP contribution in [0, 0.1) is 0 Å². The molecule has 0 aliphatic heterocycles. The molecule has 0 aliphatic carbocycles. The smallest absolute Gasteiger partial charge is 0.237 e. The van der Waals surface area contributed by atoms with Crippen LogP contribution in [0.3, 0.4) is 0 Å². The van der Waals surface area contributed by atoms with Gasteiger partial charge in [-0.1, -0.05) is 60.7 Å². The van der Waals surface area contributed by atoms with Crippen LogP contribution in [0.5, 0.6) is 0 Å². The molecule has 23 heavy (non-hydrogen) atoms. The van der Waals surface area contributed by atoms with Crippen LogP contribution in [0.25, 0.3) is 0 Å². The number of hydrogen-bond acceptors (Lipinski definition) is 3. The van der Waals surface area contributed by atoms with Gasteiger partial charge in [0.1, 0.15) is 0 Å². The number of rotatable bonds is 7. The largest absolute Gasteiger partial charge is 0.348 e. The lowest BCUT2D eigenvalue weighted by Gasteiger charge is -2.20. The maximum Gasteiger partial charge on any atom is 0.237 e. The maximum absolute atomic E-state index is 12.3. The van der Waals surface area contributed by atoms with Crippen molar-refractivity contribution in [1.29, 1.82) is 0 Å². The normalized spacial score (nSPS) is 13.1. The summed E-state index contributed by atoms with van der Waals surface area (Å²) in [5.41, 5.74) is 7.30. The summed E-state index contributed by atoms with van der Waals surface area (Å²) in [4.78, 5) is 24.2. The predicted octanol–water partition coefficient (Wildman–Crippen LogP) is 2.85. The molecule has 0 fully saturated rings. The molecular formula is C19H22N2O2. The van der Waals surface area contributed by atoms with E-state index in [2.05, 4.69) is 5.32 Å². The Bertz CT molecular complexity index is 639. The number of amides is 1. The molecule has 0 aromatic heterocycles. The molecule has 4 heteroatoms. The van der Waals surface area contributed by atoms with Gasteiger partial charge in [-0.05, 0) is 18.9 Å². The molecule has 0 spiro atoms. The molecule has 1 amide bonds. The van der Waals surface area contributed by atoms with E-state index in [0.717, 1.165) is 5.56 Å². The van der Waals surface area contributed by atoms with Crippen molar-refractivity contribution in [2.75, 3.05) is 0 Å². The van der Waals surface area contributed by atoms with Gasteiger partial charge in [0.05, 0.1) is 12.1 Å². The molecular weight excluding hydrogens is 288 g/mol. The lowest BCUT2D eigenvalue weighted by molar-refractivity contribution is -0.122. The fourth-order valence-electron chi connectivity index (χ4n) is 2.35. The van der Waals surface area contributed by atoms with E-state index >= 15 is 0 Å². The Morgan fingerprint density at radius 2 is 1.57 bits per heavy atom. The minimum atomic E-state index is -0.578. The molecule has 2 aromatic rings. The monoisotopic (exact) mass is 310 g/mol. The van der Waals surface area contributed by atoms with Gasteiger partial charge in [0.15, 0.2) is 5.78 Å². The first-order chi connectivity index (χ1) is 11.1. The van der Waals surface area contributed by atoms with Gasteiger partial charge >= 0.3 is 0 Å². The fraction of sp³-hybridized carbons (Fsp3) is 0.263. The average molecular weight is 310 g/mol. The number of ketones is 1. The quantitative estimate of drug-likeness (QED) is 0.772. The second kappa shape index (κ2) is 8.25. The summed E-state index contributed by atoms with van der Waals surface area (Å²) < 4.78 is 0. The summed E-state index contributed by atoms with van der Waals surface area (Å²) in [6, 6.07) is 18.0. The minimum absolute atomic E-state index is 0.0709. The summed E-state index contributed by atoms with van der Waals surface area (Å²) in [5, 5.41) is 2.92. The molecule has 2 atom stereocenters. The van der Waals surface area contributed by atoms with Crippen molar-refractivity contribution in [3.05, 3.63) is 71.8 Å². The van der Waals surface area contributed by atoms with Crippen LogP contribution < -0.4 is 11.1 Å². The molecule has 2 rings (SSSR count). The Hall–Kier alpha value is -2.46. The van der Waals surface area contributed by atoms with Gasteiger partial charge in [-0.3, -0.25) is 9.59 Å². The van der Waals surface area contributed by atoms with Gasteiger partial charge in [0.25, 0.3) is 0 Å². The number of Topliss-reactive ketones (excluding diaryl/α,β-unsaturated/α-hetero) is 1. The Kier molecular flexibility index (Phi) is 6.06. The Morgan fingerprint density at radius 1 is 1.00 bits per heavy atom. The minimum Gasteiger partial charge on any atom is -0.348 e. The van der Waals surface area contributed by atoms with E-state index in [9.17, 15) is 9.59 Å². The van der Waals surface area contributed by atoms with E-state index in [1.54, 1.807) is 19.1 Å². The topological polar surface area (TPSA) is 72.2 Å². The number of carbonyl (C=O) groups excluding carboxylic acids is 2. The number of nitrogens with one attached hydrogen (secondary N) is 1. The predicted molar refractivity (Wildman–Crippen MR) is 91.0 cm³/mol. The molecule has 4 nitrogen and oxygen atoms in total. The first-order valence-corrected chi connectivity index (χ1v) is 7.77. The van der Waals surface area contributed by atoms with Crippen LogP contribution in [-0.4, -0.2) is 17.7 Å². The van der Waals surface area contributed by atoms with Crippen molar-refractivity contribution in [1.82, 2.24) is 5.32 Å². The molecule has 3 N–H and O–H groups in total. The number of nitrogens with two attached hydrogens (primary N) is 1. The molecule has 0 unspecified atom stereocenters. The van der Waals surface area contributed by atoms with Crippen LogP contribution in [0.1, 0.15) is 41.7 Å². The van der Waals surface area contributed by atoms with E-state index in [1.165, 1.54) is 0 Å². The Labute approximate surface area is 136 Å². The van der Waals surface area contributed by atoms with Gasteiger partial charge in [-0.2, -0.15) is 0 Å². The highest BCUT2D eigenvalue weighted by Crippen LogP contribution is 2.20. The highest BCUT2D eigenvalue weighted by Gasteiger charge is 2.18. The molecule has 0 radical (unpaired) electrons. The maximum atomic E-state index is 12.3. The summed E-state index contributed by atoms with van der Waals surface area (Å²) in [7, 11) is 0. The average Bonchev–Trinajstić information content (AvgIpc) is 2.59. The van der Waals surface area contributed by atoms with Crippen molar-refractivity contribution in [3.63, 3.8) is 0 Å². The van der Waals surface area contributed by atoms with Crippen molar-refractivity contribution < 1.29 is 9.59 Å². The summed E-state index contributed by atoms with van der Waals surface area (Å²) in [6.45, 7) is 1.65. The first kappa shape index (κ1) is 16.9. The number of benzene rings is 2. The molecule has 0 bridgehead atoms. The van der Waals surface area contributed by atoms with Crippen LogP contribution in [0.4, 0.5) is 0 Å². The van der Waals surface area contributed by atoms with Gasteiger partial charge in [-0.25, -0.2) is 0 Å². The number of hydrogen-bond donors (Lipinski definition) is 2. The second-order valence-corrected chi connectivity index (χ2v) is 5.59. The molecule has 120 valence electrons. The van der Waals surface area contributed by atoms with Crippen LogP contribution in [0.2, 0.25) is 0 Å². The van der Waals surface area contributed by atoms with Gasteiger partial charge in [0, 0.05) is 12.0 Å². The van der Waals surface area contributed by atoms with Crippen molar-refractivity contribution in [3.8, 4) is 0 Å². The first-order valence-electron chi connectivity index (χ1n) is 7.77. The van der Waals surface area contributed by atoms with E-state index in [-0.39, 0.29) is 17.7 Å². The van der Waals surface area contributed by atoms with Crippen LogP contribution in [0.15, 0.2) is 60.7 Å². The van der Waals surface area contributed by atoms with Crippen molar-refractivity contribution >= 4 is 11.7 Å². The lowest BCUT2D eigenvalue weighted by atomic mass is 9.98. The van der Waals surface area contributed by atoms with E-state index in [1.807, 2.05) is 48.5 Å². The van der Waals surface area contributed by atoms with Crippen LogP contribution >= 0.6 is 0 Å². The van der Waals surface area contributed by atoms with Gasteiger partial charge < -0.3 is 11.1 Å². The zero-order valence-corrected chi connectivity index (χ0v) is 13.2. The summed E-state index contributed by atoms with van der Waals surface area (Å²) in [6.07, 6.45) is 0.902. The Balaban J connectivity index is 2.06. The molecule has 0 saturated heterocycles. The van der Waals surface area contributed by atoms with Crippen molar-refractivity contribution in [2.24, 2.45) is 5.73 Å². The lowest BCUT2D eigenvalue weighted by Crippen LogP contribution is -2.40. The van der Waals surface area contributed by atoms with E-state index in [4.69, 9.17) is 5.73 Å². The molecule has 0 saturated carbocycles. The second-order valence-electron chi connectivity index (χ2n) is 5.59. The van der Waals surface area contributed by atoms with Gasteiger partial charge in [0.2, 0.25) is 5.91 Å². The third-order valence-corrected chi connectivity index (χ3v) is 3.69. The molecule has 2 aromatic carbocycles. The van der Waals surface area contributed by atoms with E-state index < -0.39 is 6.04 Å². The fourth-order valence-corrected chi connectivity index (χ4v) is 2.35. The third-order valence-electron chi connectivity index (χ3n) is 3.69. The SMILES string of the molecule is C[C@@H](N)C(=O)N[C@H](CCC(=O)c1ccccc1)c1ccccc1. The Morgan fingerprint density at radius 3 is 2.13 bits per heavy atom. The standard InChI is InChI=1S/C19H22N2O2/c1-14(20)19(23)21-17(15-8-4-2-5-9-15)12-13-18(22)16-10-6-3-7-11-16/h2-11,14,17H,12-13,20H2,1H3,(H,21,23)/t14-,17-/m1/s1. The van der Waals surface area contributed by atoms with Crippen molar-refractivity contribution in [2.45, 2.75) is 31.8 Å². The summed E-state index contributed by atoms with van der Waals surface area (Å²) >= 11 is 0. The third kappa shape index (κ3) is 5.04. The molecule has 0 aliphatic rings. The highest BCUT2D eigenvalue weighted by atomic mass is 16.2.